The molecule has 129 valence electrons. The van der Waals surface area contributed by atoms with Gasteiger partial charge in [-0.2, -0.15) is 0 Å². The average Bonchev–Trinajstić information content (AvgIpc) is 3.08. The monoisotopic (exact) mass is 432 g/mol. The summed E-state index contributed by atoms with van der Waals surface area (Å²) in [6, 6.07) is 0. The summed E-state index contributed by atoms with van der Waals surface area (Å²) in [6.07, 6.45) is 21.1. The Balaban J connectivity index is 0.000000161. The molecule has 4 aliphatic carbocycles. The van der Waals surface area contributed by atoms with Crippen LogP contribution in [-0.4, -0.2) is 0 Å². The van der Waals surface area contributed by atoms with Gasteiger partial charge >= 0.3 is 33.0 Å². The first kappa shape index (κ1) is 19.6. The Hall–Kier alpha value is -0.407. The number of halogens is 6. The van der Waals surface area contributed by atoms with Crippen LogP contribution in [0.4, 0.5) is 25.2 Å². The quantitative estimate of drug-likeness (QED) is 0.170. The number of hydrogen-bond acceptors (Lipinski definition) is 0. The van der Waals surface area contributed by atoms with E-state index in [1.165, 1.54) is 12.8 Å². The van der Waals surface area contributed by atoms with Gasteiger partial charge in [-0.25, -0.2) is 0 Å². The molecule has 4 aliphatic rings. The van der Waals surface area contributed by atoms with Crippen LogP contribution in [0.25, 0.3) is 0 Å². The van der Waals surface area contributed by atoms with Crippen LogP contribution in [0.2, 0.25) is 0 Å². The topological polar surface area (TPSA) is 0 Å². The number of hydrogen-bond donors (Lipinski definition) is 0. The molecule has 0 aliphatic heterocycles. The van der Waals surface area contributed by atoms with Crippen LogP contribution in [0.15, 0.2) is 48.6 Å². The Kier molecular flexibility index (Phi) is 5.27. The molecule has 0 spiro atoms. The Morgan fingerprint density at radius 1 is 0.500 bits per heavy atom. The first-order chi connectivity index (χ1) is 9.35. The zero-order valence-corrected chi connectivity index (χ0v) is 13.9. The van der Waals surface area contributed by atoms with Gasteiger partial charge in [0.15, 0.2) is 0 Å². The predicted molar refractivity (Wildman–Crippen MR) is 73.3 cm³/mol. The van der Waals surface area contributed by atoms with Crippen molar-refractivity contribution in [2.75, 3.05) is 0 Å². The maximum atomic E-state index is 9.87. The molecule has 0 saturated carbocycles. The fourth-order valence-electron chi connectivity index (χ4n) is 2.66. The molecule has 0 N–H and O–H groups in total. The molecule has 22 heavy (non-hydrogen) atoms. The van der Waals surface area contributed by atoms with Gasteiger partial charge in [-0.15, -0.1) is 0 Å². The minimum Gasteiger partial charge on any atom is 0 e. The summed E-state index contributed by atoms with van der Waals surface area (Å²) < 4.78 is 59.2. The largest absolute Gasteiger partial charge is 0 e. The van der Waals surface area contributed by atoms with Crippen molar-refractivity contribution in [3.63, 3.8) is 0 Å². The molecule has 0 aromatic heterocycles. The van der Waals surface area contributed by atoms with Crippen molar-refractivity contribution in [3.8, 4) is 0 Å². The second-order valence-electron chi connectivity index (χ2n) is 5.62. The van der Waals surface area contributed by atoms with E-state index in [1.807, 2.05) is 0 Å². The Labute approximate surface area is 138 Å². The van der Waals surface area contributed by atoms with Gasteiger partial charge in [0.2, 0.25) is 0 Å². The summed E-state index contributed by atoms with van der Waals surface area (Å²) in [5.74, 6) is 3.24. The molecule has 0 atom stereocenters. The summed E-state index contributed by atoms with van der Waals surface area (Å²) >= 11 is 0. The maximum Gasteiger partial charge on any atom is 0 e. The van der Waals surface area contributed by atoms with E-state index in [0.717, 1.165) is 23.7 Å². The molecule has 4 bridgehead atoms. The van der Waals surface area contributed by atoms with Gasteiger partial charge in [-0.05, 0) is 36.5 Å². The standard InChI is InChI=1S/2C7H8.F6P.Rh/c2*1-2-7-4-3-6(1)5-7;1-7(2,3,4,5)6;/h2*1-4,6-7H,5H2;;/q;;-1;. The maximum absolute atomic E-state index is 10.7. The van der Waals surface area contributed by atoms with Gasteiger partial charge < -0.3 is 0 Å². The van der Waals surface area contributed by atoms with Gasteiger partial charge in [0.25, 0.3) is 0 Å². The first-order valence-electron chi connectivity index (χ1n) is 6.65. The van der Waals surface area contributed by atoms with Crippen LogP contribution in [0.1, 0.15) is 12.8 Å². The van der Waals surface area contributed by atoms with Crippen molar-refractivity contribution in [1.29, 1.82) is 0 Å². The van der Waals surface area contributed by atoms with Crippen molar-refractivity contribution in [1.82, 2.24) is 0 Å². The van der Waals surface area contributed by atoms with E-state index in [9.17, 15) is 25.2 Å². The molecule has 0 aromatic carbocycles. The van der Waals surface area contributed by atoms with Crippen LogP contribution in [0.5, 0.6) is 0 Å². The van der Waals surface area contributed by atoms with E-state index in [1.54, 1.807) is 0 Å². The van der Waals surface area contributed by atoms with Gasteiger partial charge in [0.05, 0.1) is 0 Å². The molecule has 8 heteroatoms. The molecule has 0 nitrogen and oxygen atoms in total. The fraction of sp³-hybridized carbons (Fsp3) is 0.429. The number of fused-ring (bicyclic) bond motifs is 4. The molecule has 0 saturated heterocycles. The Bertz CT molecular complexity index is 415. The first-order valence-corrected chi connectivity index (χ1v) is 8.68. The van der Waals surface area contributed by atoms with Crippen LogP contribution < -0.4 is 0 Å². The summed E-state index contributed by atoms with van der Waals surface area (Å²) in [4.78, 5) is 0. The molecular weight excluding hydrogens is 416 g/mol. The van der Waals surface area contributed by atoms with Crippen LogP contribution in [-0.2, 0) is 19.5 Å². The normalized spacial score (nSPS) is 35.0. The van der Waals surface area contributed by atoms with E-state index in [0.29, 0.717) is 0 Å². The van der Waals surface area contributed by atoms with Crippen LogP contribution >= 0.6 is 7.81 Å². The van der Waals surface area contributed by atoms with Crippen molar-refractivity contribution in [3.05, 3.63) is 48.6 Å². The van der Waals surface area contributed by atoms with E-state index in [4.69, 9.17) is 0 Å². The third-order valence-electron chi connectivity index (χ3n) is 3.51. The second kappa shape index (κ2) is 5.90. The Morgan fingerprint density at radius 2 is 0.636 bits per heavy atom. The number of allylic oxidation sites excluding steroid dienone is 8. The van der Waals surface area contributed by atoms with Crippen molar-refractivity contribution in [2.45, 2.75) is 12.8 Å². The van der Waals surface area contributed by atoms with Gasteiger partial charge in [-0.1, -0.05) is 48.6 Å². The molecule has 0 unspecified atom stereocenters. The van der Waals surface area contributed by atoms with Gasteiger partial charge in [-0.3, -0.25) is 0 Å². The summed E-state index contributed by atoms with van der Waals surface area (Å²) in [7, 11) is -10.7. The molecular formula is C14H16F6PRh-. The van der Waals surface area contributed by atoms with E-state index < -0.39 is 7.81 Å². The van der Waals surface area contributed by atoms with Gasteiger partial charge in [0, 0.05) is 19.5 Å². The third-order valence-corrected chi connectivity index (χ3v) is 3.51. The zero-order chi connectivity index (χ0) is 15.8. The molecule has 0 fully saturated rings. The van der Waals surface area contributed by atoms with Crippen LogP contribution in [0, 0.1) is 23.7 Å². The SMILES string of the molecule is C1=CC2C=CC1C2.C1=CC2C=CC1C2.F[P-](F)(F)(F)(F)F.[Rh]. The summed E-state index contributed by atoms with van der Waals surface area (Å²) in [6.45, 7) is 0. The second-order valence-corrected chi connectivity index (χ2v) is 7.54. The minimum atomic E-state index is -10.7. The Morgan fingerprint density at radius 3 is 0.682 bits per heavy atom. The smallest absolute Gasteiger partial charge is 0 e. The van der Waals surface area contributed by atoms with Crippen molar-refractivity contribution in [2.24, 2.45) is 23.7 Å². The summed E-state index contributed by atoms with van der Waals surface area (Å²) in [5, 5.41) is 0. The van der Waals surface area contributed by atoms with Crippen molar-refractivity contribution >= 4 is 7.81 Å². The van der Waals surface area contributed by atoms with E-state index >= 15 is 0 Å². The van der Waals surface area contributed by atoms with E-state index in [-0.39, 0.29) is 19.5 Å². The van der Waals surface area contributed by atoms with Crippen LogP contribution in [0.3, 0.4) is 0 Å². The van der Waals surface area contributed by atoms with E-state index in [2.05, 4.69) is 48.6 Å². The van der Waals surface area contributed by atoms with Gasteiger partial charge in [0.1, 0.15) is 0 Å². The predicted octanol–water partition coefficient (Wildman–Crippen LogP) is 6.88. The fourth-order valence-corrected chi connectivity index (χ4v) is 2.66. The molecule has 0 aromatic rings. The third kappa shape index (κ3) is 8.90. The zero-order valence-electron chi connectivity index (χ0n) is 11.4. The molecule has 0 heterocycles. The number of rotatable bonds is 0. The van der Waals surface area contributed by atoms with Crippen molar-refractivity contribution < 1.29 is 44.7 Å². The summed E-state index contributed by atoms with van der Waals surface area (Å²) in [5.41, 5.74) is 0. The average molecular weight is 432 g/mol. The minimum absolute atomic E-state index is 0. The molecule has 4 rings (SSSR count). The molecule has 0 amide bonds. The molecule has 1 radical (unpaired) electrons.